The van der Waals surface area contributed by atoms with Crippen LogP contribution in [0.2, 0.25) is 0 Å². The van der Waals surface area contributed by atoms with E-state index in [4.69, 9.17) is 0 Å². The van der Waals surface area contributed by atoms with Crippen molar-refractivity contribution in [3.05, 3.63) is 70.8 Å². The molecule has 0 saturated carbocycles. The molecule has 0 fully saturated rings. The standard InChI is InChI=1S/C17H16O/c18-12-13-8-10-15(11-9-13)17-7-3-5-14-4-1-2-6-16(14)17/h1-2,4,6,8-12,17H,3,5,7H2. The molecule has 3 rings (SSSR count). The van der Waals surface area contributed by atoms with Gasteiger partial charge in [-0.1, -0.05) is 48.5 Å². The predicted octanol–water partition coefficient (Wildman–Crippen LogP) is 3.97. The molecule has 1 nitrogen and oxygen atoms in total. The highest BCUT2D eigenvalue weighted by Gasteiger charge is 2.20. The van der Waals surface area contributed by atoms with Crippen LogP contribution in [0.15, 0.2) is 48.5 Å². The molecule has 1 heteroatoms. The molecule has 0 saturated heterocycles. The quantitative estimate of drug-likeness (QED) is 0.721. The van der Waals surface area contributed by atoms with E-state index in [9.17, 15) is 4.79 Å². The highest BCUT2D eigenvalue weighted by Crippen LogP contribution is 2.36. The van der Waals surface area contributed by atoms with Crippen LogP contribution in [-0.2, 0) is 6.42 Å². The molecule has 1 aliphatic carbocycles. The summed E-state index contributed by atoms with van der Waals surface area (Å²) in [5, 5.41) is 0. The largest absolute Gasteiger partial charge is 0.298 e. The lowest BCUT2D eigenvalue weighted by molar-refractivity contribution is 0.112. The smallest absolute Gasteiger partial charge is 0.150 e. The Morgan fingerprint density at radius 2 is 1.78 bits per heavy atom. The minimum atomic E-state index is 0.496. The summed E-state index contributed by atoms with van der Waals surface area (Å²) < 4.78 is 0. The van der Waals surface area contributed by atoms with Crippen LogP contribution in [0.25, 0.3) is 0 Å². The summed E-state index contributed by atoms with van der Waals surface area (Å²) in [6.45, 7) is 0. The van der Waals surface area contributed by atoms with Gasteiger partial charge in [-0.05, 0) is 36.0 Å². The highest BCUT2D eigenvalue weighted by molar-refractivity contribution is 5.74. The van der Waals surface area contributed by atoms with E-state index in [1.165, 1.54) is 36.0 Å². The molecule has 1 unspecified atom stereocenters. The van der Waals surface area contributed by atoms with Gasteiger partial charge in [-0.2, -0.15) is 0 Å². The molecular weight excluding hydrogens is 220 g/mol. The summed E-state index contributed by atoms with van der Waals surface area (Å²) in [7, 11) is 0. The molecule has 0 spiro atoms. The van der Waals surface area contributed by atoms with Gasteiger partial charge in [0.05, 0.1) is 0 Å². The first-order valence-corrected chi connectivity index (χ1v) is 6.51. The minimum Gasteiger partial charge on any atom is -0.298 e. The molecule has 0 heterocycles. The second kappa shape index (κ2) is 4.77. The SMILES string of the molecule is O=Cc1ccc(C2CCCc3ccccc32)cc1. The lowest BCUT2D eigenvalue weighted by Gasteiger charge is -2.25. The van der Waals surface area contributed by atoms with Gasteiger partial charge < -0.3 is 0 Å². The zero-order valence-corrected chi connectivity index (χ0v) is 10.3. The number of aldehydes is 1. The summed E-state index contributed by atoms with van der Waals surface area (Å²) in [6.07, 6.45) is 4.55. The van der Waals surface area contributed by atoms with Crippen molar-refractivity contribution in [3.8, 4) is 0 Å². The first-order valence-electron chi connectivity index (χ1n) is 6.51. The lowest BCUT2D eigenvalue weighted by Crippen LogP contribution is -2.10. The number of hydrogen-bond donors (Lipinski definition) is 0. The van der Waals surface area contributed by atoms with Crippen LogP contribution >= 0.6 is 0 Å². The monoisotopic (exact) mass is 236 g/mol. The third-order valence-corrected chi connectivity index (χ3v) is 3.84. The van der Waals surface area contributed by atoms with E-state index in [0.29, 0.717) is 5.92 Å². The Bertz CT molecular complexity index is 554. The minimum absolute atomic E-state index is 0.496. The average Bonchev–Trinajstić information content (AvgIpc) is 2.47. The number of hydrogen-bond acceptors (Lipinski definition) is 1. The van der Waals surface area contributed by atoms with E-state index in [1.54, 1.807) is 0 Å². The summed E-state index contributed by atoms with van der Waals surface area (Å²) in [6, 6.07) is 16.7. The van der Waals surface area contributed by atoms with E-state index in [2.05, 4.69) is 36.4 Å². The van der Waals surface area contributed by atoms with Crippen molar-refractivity contribution in [1.29, 1.82) is 0 Å². The third-order valence-electron chi connectivity index (χ3n) is 3.84. The summed E-state index contributed by atoms with van der Waals surface area (Å²) >= 11 is 0. The molecule has 0 radical (unpaired) electrons. The van der Waals surface area contributed by atoms with Gasteiger partial charge in [-0.15, -0.1) is 0 Å². The first-order chi connectivity index (χ1) is 8.88. The van der Waals surface area contributed by atoms with Gasteiger partial charge in [0, 0.05) is 11.5 Å². The van der Waals surface area contributed by atoms with Crippen LogP contribution in [0, 0.1) is 0 Å². The fourth-order valence-electron chi connectivity index (χ4n) is 2.91. The van der Waals surface area contributed by atoms with Crippen LogP contribution in [-0.4, -0.2) is 6.29 Å². The topological polar surface area (TPSA) is 17.1 Å². The van der Waals surface area contributed by atoms with Crippen molar-refractivity contribution in [1.82, 2.24) is 0 Å². The Balaban J connectivity index is 1.99. The molecule has 0 bridgehead atoms. The molecule has 1 aliphatic rings. The Morgan fingerprint density at radius 1 is 1.00 bits per heavy atom. The Labute approximate surface area is 107 Å². The van der Waals surface area contributed by atoms with E-state index in [-0.39, 0.29) is 0 Å². The molecule has 0 N–H and O–H groups in total. The second-order valence-corrected chi connectivity index (χ2v) is 4.93. The number of aryl methyl sites for hydroxylation is 1. The zero-order valence-electron chi connectivity index (χ0n) is 10.3. The van der Waals surface area contributed by atoms with Gasteiger partial charge >= 0.3 is 0 Å². The number of rotatable bonds is 2. The third kappa shape index (κ3) is 1.97. The Morgan fingerprint density at radius 3 is 2.56 bits per heavy atom. The molecule has 18 heavy (non-hydrogen) atoms. The van der Waals surface area contributed by atoms with Gasteiger partial charge in [0.15, 0.2) is 0 Å². The number of carbonyl (C=O) groups excluding carboxylic acids is 1. The van der Waals surface area contributed by atoms with Gasteiger partial charge in [-0.25, -0.2) is 0 Å². The highest BCUT2D eigenvalue weighted by atomic mass is 16.1. The molecule has 1 atom stereocenters. The molecule has 2 aromatic carbocycles. The van der Waals surface area contributed by atoms with Crippen molar-refractivity contribution in [2.45, 2.75) is 25.2 Å². The lowest BCUT2D eigenvalue weighted by atomic mass is 9.79. The molecular formula is C17H16O. The number of fused-ring (bicyclic) bond motifs is 1. The van der Waals surface area contributed by atoms with E-state index in [0.717, 1.165) is 11.8 Å². The number of benzene rings is 2. The van der Waals surface area contributed by atoms with E-state index in [1.807, 2.05) is 12.1 Å². The van der Waals surface area contributed by atoms with Crippen LogP contribution in [0.4, 0.5) is 0 Å². The van der Waals surface area contributed by atoms with Gasteiger partial charge in [0.1, 0.15) is 6.29 Å². The molecule has 90 valence electrons. The maximum absolute atomic E-state index is 10.7. The van der Waals surface area contributed by atoms with Crippen molar-refractivity contribution in [3.63, 3.8) is 0 Å². The van der Waals surface area contributed by atoms with Gasteiger partial charge in [0.25, 0.3) is 0 Å². The van der Waals surface area contributed by atoms with Gasteiger partial charge in [-0.3, -0.25) is 4.79 Å². The second-order valence-electron chi connectivity index (χ2n) is 4.93. The summed E-state index contributed by atoms with van der Waals surface area (Å²) in [4.78, 5) is 10.7. The molecule has 2 aromatic rings. The Kier molecular flexibility index (Phi) is 2.97. The normalized spacial score (nSPS) is 18.1. The fraction of sp³-hybridized carbons (Fsp3) is 0.235. The molecule has 0 aromatic heterocycles. The van der Waals surface area contributed by atoms with E-state index < -0.39 is 0 Å². The predicted molar refractivity (Wildman–Crippen MR) is 73.1 cm³/mol. The van der Waals surface area contributed by atoms with Crippen molar-refractivity contribution >= 4 is 6.29 Å². The van der Waals surface area contributed by atoms with Crippen LogP contribution < -0.4 is 0 Å². The summed E-state index contributed by atoms with van der Waals surface area (Å²) in [5.41, 5.74) is 5.02. The number of carbonyl (C=O) groups is 1. The van der Waals surface area contributed by atoms with Crippen LogP contribution in [0.3, 0.4) is 0 Å². The molecule has 0 amide bonds. The first kappa shape index (κ1) is 11.2. The molecule has 0 aliphatic heterocycles. The van der Waals surface area contributed by atoms with Crippen LogP contribution in [0.1, 0.15) is 45.8 Å². The van der Waals surface area contributed by atoms with Crippen LogP contribution in [0.5, 0.6) is 0 Å². The fourth-order valence-corrected chi connectivity index (χ4v) is 2.91. The van der Waals surface area contributed by atoms with Crippen molar-refractivity contribution < 1.29 is 4.79 Å². The van der Waals surface area contributed by atoms with Crippen molar-refractivity contribution in [2.24, 2.45) is 0 Å². The summed E-state index contributed by atoms with van der Waals surface area (Å²) in [5.74, 6) is 0.496. The maximum Gasteiger partial charge on any atom is 0.150 e. The zero-order chi connectivity index (χ0) is 12.4. The van der Waals surface area contributed by atoms with Crippen molar-refractivity contribution in [2.75, 3.05) is 0 Å². The maximum atomic E-state index is 10.7. The Hall–Kier alpha value is -1.89. The van der Waals surface area contributed by atoms with Gasteiger partial charge in [0.2, 0.25) is 0 Å². The van der Waals surface area contributed by atoms with E-state index >= 15 is 0 Å². The average molecular weight is 236 g/mol.